The number of hydrogen-bond donors (Lipinski definition) is 1. The highest BCUT2D eigenvalue weighted by molar-refractivity contribution is 5.98. The Morgan fingerprint density at radius 2 is 1.53 bits per heavy atom. The summed E-state index contributed by atoms with van der Waals surface area (Å²) in [5.74, 6) is 0.970. The maximum atomic E-state index is 13.0. The molecule has 1 aliphatic rings. The molecular formula is C32H29N5O. The van der Waals surface area contributed by atoms with Gasteiger partial charge in [-0.25, -0.2) is 19.9 Å². The van der Waals surface area contributed by atoms with Crippen LogP contribution in [0.2, 0.25) is 0 Å². The molecule has 0 saturated carbocycles. The van der Waals surface area contributed by atoms with Crippen molar-refractivity contribution in [2.45, 2.75) is 44.9 Å². The van der Waals surface area contributed by atoms with E-state index in [2.05, 4.69) is 55.3 Å². The topological polar surface area (TPSA) is 80.7 Å². The molecule has 0 saturated heterocycles. The average Bonchev–Trinajstić information content (AvgIpc) is 2.92. The zero-order valence-electron chi connectivity index (χ0n) is 21.8. The van der Waals surface area contributed by atoms with E-state index in [0.717, 1.165) is 33.4 Å². The molecule has 0 amide bonds. The van der Waals surface area contributed by atoms with Crippen LogP contribution in [0.5, 0.6) is 0 Å². The maximum absolute atomic E-state index is 13.0. The van der Waals surface area contributed by atoms with E-state index in [4.69, 9.17) is 15.0 Å². The van der Waals surface area contributed by atoms with Crippen molar-refractivity contribution in [1.29, 1.82) is 0 Å². The van der Waals surface area contributed by atoms with Gasteiger partial charge in [-0.2, -0.15) is 0 Å². The van der Waals surface area contributed by atoms with Crippen LogP contribution >= 0.6 is 0 Å². The van der Waals surface area contributed by atoms with Gasteiger partial charge in [0, 0.05) is 23.6 Å². The first-order chi connectivity index (χ1) is 18.3. The summed E-state index contributed by atoms with van der Waals surface area (Å²) >= 11 is 0. The second-order valence-electron chi connectivity index (χ2n) is 10.9. The van der Waals surface area contributed by atoms with E-state index in [9.17, 15) is 4.79 Å². The van der Waals surface area contributed by atoms with Gasteiger partial charge in [-0.1, -0.05) is 93.6 Å². The third kappa shape index (κ3) is 4.65. The summed E-state index contributed by atoms with van der Waals surface area (Å²) in [6, 6.07) is 26.6. The number of para-hydroxylation sites is 1. The van der Waals surface area contributed by atoms with Gasteiger partial charge in [0.15, 0.2) is 5.78 Å². The van der Waals surface area contributed by atoms with Crippen LogP contribution in [0.25, 0.3) is 22.2 Å². The highest BCUT2D eigenvalue weighted by Crippen LogP contribution is 2.34. The molecule has 6 rings (SSSR count). The lowest BCUT2D eigenvalue weighted by Gasteiger charge is -2.25. The summed E-state index contributed by atoms with van der Waals surface area (Å²) in [4.78, 5) is 31.7. The van der Waals surface area contributed by atoms with Crippen LogP contribution in [0.15, 0.2) is 85.1 Å². The fourth-order valence-electron chi connectivity index (χ4n) is 5.04. The number of ketones is 1. The van der Waals surface area contributed by atoms with Gasteiger partial charge in [-0.05, 0) is 34.9 Å². The molecule has 0 fully saturated rings. The lowest BCUT2D eigenvalue weighted by atomic mass is 9.80. The molecule has 188 valence electrons. The monoisotopic (exact) mass is 499 g/mol. The lowest BCUT2D eigenvalue weighted by Crippen LogP contribution is -2.21. The van der Waals surface area contributed by atoms with Crippen LogP contribution in [0.4, 0.5) is 11.9 Å². The van der Waals surface area contributed by atoms with Crippen LogP contribution in [-0.4, -0.2) is 25.7 Å². The quantitative estimate of drug-likeness (QED) is 0.286. The van der Waals surface area contributed by atoms with Gasteiger partial charge in [-0.15, -0.1) is 0 Å². The Bertz CT molecular complexity index is 1640. The number of rotatable bonds is 4. The number of hydrogen-bond acceptors (Lipinski definition) is 6. The van der Waals surface area contributed by atoms with Crippen molar-refractivity contribution in [3.8, 4) is 11.3 Å². The van der Waals surface area contributed by atoms with Crippen LogP contribution in [0.1, 0.15) is 60.3 Å². The molecule has 1 atom stereocenters. The number of benzene rings is 3. The standard InChI is InChI=1S/C32H29N5O/c1-32(2,3)23-15-13-20(14-16-23)22-17-27-25(28(38)18-22)19-33-30(35-27)37-31-34-26-12-8-7-11-24(26)29(36-31)21-9-5-4-6-10-21/h4-16,19,22H,17-18H2,1-3H3,(H,33,34,35,36,37)/t22-/m0/s1. The average molecular weight is 500 g/mol. The van der Waals surface area contributed by atoms with E-state index >= 15 is 0 Å². The predicted octanol–water partition coefficient (Wildman–Crippen LogP) is 7.04. The summed E-state index contributed by atoms with van der Waals surface area (Å²) in [5.41, 5.74) is 6.56. The Hall–Kier alpha value is -4.45. The van der Waals surface area contributed by atoms with E-state index in [-0.39, 0.29) is 17.1 Å². The molecule has 1 aliphatic carbocycles. The second-order valence-corrected chi connectivity index (χ2v) is 10.9. The largest absolute Gasteiger partial charge is 0.294 e. The Kier molecular flexibility index (Phi) is 5.95. The molecule has 0 spiro atoms. The number of anilines is 2. The highest BCUT2D eigenvalue weighted by Gasteiger charge is 2.28. The molecule has 0 aliphatic heterocycles. The normalized spacial score (nSPS) is 15.3. The number of nitrogens with zero attached hydrogens (tertiary/aromatic N) is 4. The molecule has 38 heavy (non-hydrogen) atoms. The summed E-state index contributed by atoms with van der Waals surface area (Å²) in [7, 11) is 0. The minimum atomic E-state index is 0.0796. The van der Waals surface area contributed by atoms with Crippen LogP contribution < -0.4 is 5.32 Å². The third-order valence-electron chi connectivity index (χ3n) is 7.16. The number of fused-ring (bicyclic) bond motifs is 2. The van der Waals surface area contributed by atoms with Crippen molar-refractivity contribution in [2.75, 3.05) is 5.32 Å². The number of nitrogens with one attached hydrogen (secondary N) is 1. The Morgan fingerprint density at radius 3 is 2.29 bits per heavy atom. The first-order valence-corrected chi connectivity index (χ1v) is 12.9. The number of aromatic nitrogens is 4. The van der Waals surface area contributed by atoms with Gasteiger partial charge >= 0.3 is 0 Å². The van der Waals surface area contributed by atoms with Crippen molar-refractivity contribution in [2.24, 2.45) is 0 Å². The number of carbonyl (C=O) groups is 1. The molecule has 1 N–H and O–H groups in total. The molecule has 0 radical (unpaired) electrons. The van der Waals surface area contributed by atoms with E-state index in [0.29, 0.717) is 30.3 Å². The Morgan fingerprint density at radius 1 is 0.789 bits per heavy atom. The van der Waals surface area contributed by atoms with E-state index in [1.54, 1.807) is 6.20 Å². The van der Waals surface area contributed by atoms with E-state index in [1.165, 1.54) is 5.56 Å². The smallest absolute Gasteiger partial charge is 0.230 e. The molecule has 3 aromatic carbocycles. The highest BCUT2D eigenvalue weighted by atomic mass is 16.1. The first-order valence-electron chi connectivity index (χ1n) is 12.9. The van der Waals surface area contributed by atoms with Crippen molar-refractivity contribution in [1.82, 2.24) is 19.9 Å². The molecular weight excluding hydrogens is 470 g/mol. The van der Waals surface area contributed by atoms with E-state index < -0.39 is 0 Å². The minimum absolute atomic E-state index is 0.0796. The van der Waals surface area contributed by atoms with Gasteiger partial charge < -0.3 is 0 Å². The Labute approximate surface area is 222 Å². The van der Waals surface area contributed by atoms with Gasteiger partial charge in [-0.3, -0.25) is 10.1 Å². The summed E-state index contributed by atoms with van der Waals surface area (Å²) < 4.78 is 0. The summed E-state index contributed by atoms with van der Waals surface area (Å²) in [6.45, 7) is 6.61. The molecule has 2 heterocycles. The van der Waals surface area contributed by atoms with Crippen molar-refractivity contribution in [3.05, 3.63) is 107 Å². The fourth-order valence-corrected chi connectivity index (χ4v) is 5.04. The van der Waals surface area contributed by atoms with Crippen molar-refractivity contribution in [3.63, 3.8) is 0 Å². The third-order valence-corrected chi connectivity index (χ3v) is 7.16. The molecule has 6 heteroatoms. The molecule has 5 aromatic rings. The van der Waals surface area contributed by atoms with Crippen molar-refractivity contribution < 1.29 is 4.79 Å². The minimum Gasteiger partial charge on any atom is -0.294 e. The van der Waals surface area contributed by atoms with Gasteiger partial charge in [0.2, 0.25) is 11.9 Å². The number of Topliss-reactive ketones (excluding diaryl/α,β-unsaturated/α-hetero) is 1. The zero-order chi connectivity index (χ0) is 26.3. The molecule has 0 bridgehead atoms. The van der Waals surface area contributed by atoms with Crippen LogP contribution in [0, 0.1) is 0 Å². The van der Waals surface area contributed by atoms with Crippen LogP contribution in [0.3, 0.4) is 0 Å². The second kappa shape index (κ2) is 9.45. The van der Waals surface area contributed by atoms with Gasteiger partial charge in [0.05, 0.1) is 22.5 Å². The SMILES string of the molecule is CC(C)(C)c1ccc([C@@H]2CC(=O)c3cnc(Nc4nc(-c5ccccc5)c5ccccc5n4)nc3C2)cc1. The zero-order valence-corrected chi connectivity index (χ0v) is 21.8. The maximum Gasteiger partial charge on any atom is 0.230 e. The lowest BCUT2D eigenvalue weighted by molar-refractivity contribution is 0.0962. The van der Waals surface area contributed by atoms with Gasteiger partial charge in [0.1, 0.15) is 0 Å². The summed E-state index contributed by atoms with van der Waals surface area (Å²) in [5, 5.41) is 4.17. The Balaban J connectivity index is 1.31. The fraction of sp³-hybridized carbons (Fsp3) is 0.219. The molecule has 2 aromatic heterocycles. The summed E-state index contributed by atoms with van der Waals surface area (Å²) in [6.07, 6.45) is 2.78. The van der Waals surface area contributed by atoms with Crippen molar-refractivity contribution >= 4 is 28.6 Å². The van der Waals surface area contributed by atoms with E-state index in [1.807, 2.05) is 54.6 Å². The predicted molar refractivity (Wildman–Crippen MR) is 151 cm³/mol. The number of carbonyl (C=O) groups excluding carboxylic acids is 1. The molecule has 0 unspecified atom stereocenters. The first kappa shape index (κ1) is 23.9. The van der Waals surface area contributed by atoms with Gasteiger partial charge in [0.25, 0.3) is 0 Å². The molecule has 6 nitrogen and oxygen atoms in total. The van der Waals surface area contributed by atoms with Crippen LogP contribution in [-0.2, 0) is 11.8 Å².